The van der Waals surface area contributed by atoms with Crippen LogP contribution in [0.2, 0.25) is 0 Å². The molecule has 0 bridgehead atoms. The fraction of sp³-hybridized carbons (Fsp3) is 0.333. The van der Waals surface area contributed by atoms with Gasteiger partial charge in [0.05, 0.1) is 16.8 Å². The maximum absolute atomic E-state index is 15.2. The minimum atomic E-state index is -0.413. The molecule has 0 atom stereocenters. The molecule has 1 aliphatic carbocycles. The number of nitrogens with zero attached hydrogens (tertiary/aromatic N) is 3. The van der Waals surface area contributed by atoms with Crippen LogP contribution in [0, 0.1) is 5.82 Å². The van der Waals surface area contributed by atoms with E-state index in [1.807, 2.05) is 24.5 Å². The number of hydrogen-bond acceptors (Lipinski definition) is 5. The standard InChI is InChI=1S/C27H24FN3O2.C2H6.CH4O/c28-23-14-22-25(31(20-8-9-20)16-19(17-32)27(22)33)15-26(23)30-12-10-29(11-13-30)24-7-3-5-18-4-1-2-6-21(18)24;2*1-2/h1-7,14-17,20H,8-13H2;1-2H3;2H,1H3. The Morgan fingerprint density at radius 1 is 0.865 bits per heavy atom. The summed E-state index contributed by atoms with van der Waals surface area (Å²) >= 11 is 0. The van der Waals surface area contributed by atoms with Gasteiger partial charge in [0.1, 0.15) is 5.82 Å². The quantitative estimate of drug-likeness (QED) is 0.378. The molecule has 4 aromatic rings. The number of pyridine rings is 1. The van der Waals surface area contributed by atoms with Crippen molar-refractivity contribution in [1.29, 1.82) is 0 Å². The van der Waals surface area contributed by atoms with E-state index in [9.17, 15) is 9.59 Å². The van der Waals surface area contributed by atoms with Crippen LogP contribution in [-0.4, -0.2) is 49.2 Å². The Kier molecular flexibility index (Phi) is 8.24. The molecule has 6 rings (SSSR count). The molecular formula is C30H34FN3O3. The lowest BCUT2D eigenvalue weighted by atomic mass is 10.1. The van der Waals surface area contributed by atoms with Gasteiger partial charge in [0.25, 0.3) is 0 Å². The number of aliphatic hydroxyl groups is 1. The predicted octanol–water partition coefficient (Wildman–Crippen LogP) is 5.40. The van der Waals surface area contributed by atoms with Crippen LogP contribution in [-0.2, 0) is 0 Å². The molecule has 1 aliphatic heterocycles. The molecule has 1 saturated heterocycles. The fourth-order valence-electron chi connectivity index (χ4n) is 5.03. The van der Waals surface area contributed by atoms with Crippen molar-refractivity contribution in [3.05, 3.63) is 82.4 Å². The third kappa shape index (κ3) is 5.09. The molecule has 0 amide bonds. The van der Waals surface area contributed by atoms with E-state index in [1.165, 1.54) is 22.5 Å². The highest BCUT2D eigenvalue weighted by Gasteiger charge is 2.27. The molecule has 6 nitrogen and oxygen atoms in total. The van der Waals surface area contributed by atoms with Crippen molar-refractivity contribution in [2.75, 3.05) is 43.1 Å². The van der Waals surface area contributed by atoms with Crippen molar-refractivity contribution in [2.45, 2.75) is 32.7 Å². The summed E-state index contributed by atoms with van der Waals surface area (Å²) in [6, 6.07) is 18.1. The molecule has 2 fully saturated rings. The zero-order chi connectivity index (χ0) is 26.5. The number of halogens is 1. The van der Waals surface area contributed by atoms with Gasteiger partial charge in [-0.3, -0.25) is 9.59 Å². The summed E-state index contributed by atoms with van der Waals surface area (Å²) in [4.78, 5) is 28.5. The van der Waals surface area contributed by atoms with Gasteiger partial charge < -0.3 is 19.5 Å². The van der Waals surface area contributed by atoms with Crippen molar-refractivity contribution in [3.63, 3.8) is 0 Å². The SMILES string of the molecule is CC.CO.O=Cc1cn(C2CC2)c2cc(N3CCN(c4cccc5ccccc45)CC3)c(F)cc2c1=O. The van der Waals surface area contributed by atoms with E-state index in [-0.39, 0.29) is 17.0 Å². The van der Waals surface area contributed by atoms with E-state index in [2.05, 4.69) is 46.2 Å². The number of benzene rings is 3. The lowest BCUT2D eigenvalue weighted by Gasteiger charge is -2.38. The van der Waals surface area contributed by atoms with Crippen LogP contribution in [0.25, 0.3) is 21.7 Å². The molecule has 7 heteroatoms. The second kappa shape index (κ2) is 11.6. The van der Waals surface area contributed by atoms with Crippen molar-refractivity contribution >= 4 is 39.3 Å². The van der Waals surface area contributed by atoms with E-state index < -0.39 is 11.2 Å². The largest absolute Gasteiger partial charge is 0.400 e. The number of aromatic nitrogens is 1. The Hall–Kier alpha value is -3.71. The number of rotatable bonds is 4. The van der Waals surface area contributed by atoms with Gasteiger partial charge >= 0.3 is 0 Å². The summed E-state index contributed by atoms with van der Waals surface area (Å²) in [6.45, 7) is 6.94. The zero-order valence-electron chi connectivity index (χ0n) is 21.7. The second-order valence-corrected chi connectivity index (χ2v) is 8.96. The highest BCUT2D eigenvalue weighted by molar-refractivity contribution is 5.94. The van der Waals surface area contributed by atoms with E-state index in [1.54, 1.807) is 12.3 Å². The van der Waals surface area contributed by atoms with Gasteiger partial charge in [-0.25, -0.2) is 4.39 Å². The molecule has 1 N–H and O–H groups in total. The summed E-state index contributed by atoms with van der Waals surface area (Å²) in [5, 5.41) is 9.72. The normalized spacial score (nSPS) is 15.1. The van der Waals surface area contributed by atoms with Crippen LogP contribution in [0.3, 0.4) is 0 Å². The summed E-state index contributed by atoms with van der Waals surface area (Å²) in [7, 11) is 1.00. The molecule has 0 unspecified atom stereocenters. The van der Waals surface area contributed by atoms with Crippen LogP contribution in [0.15, 0.2) is 65.6 Å². The van der Waals surface area contributed by atoms with E-state index in [4.69, 9.17) is 5.11 Å². The number of aliphatic hydroxyl groups excluding tert-OH is 1. The molecule has 37 heavy (non-hydrogen) atoms. The predicted molar refractivity (Wildman–Crippen MR) is 150 cm³/mol. The van der Waals surface area contributed by atoms with E-state index in [0.29, 0.717) is 30.6 Å². The second-order valence-electron chi connectivity index (χ2n) is 8.96. The van der Waals surface area contributed by atoms with Crippen molar-refractivity contribution in [3.8, 4) is 0 Å². The lowest BCUT2D eigenvalue weighted by Crippen LogP contribution is -2.47. The van der Waals surface area contributed by atoms with Gasteiger partial charge in [0.2, 0.25) is 0 Å². The Morgan fingerprint density at radius 2 is 1.49 bits per heavy atom. The van der Waals surface area contributed by atoms with Crippen LogP contribution >= 0.6 is 0 Å². The van der Waals surface area contributed by atoms with Crippen molar-refractivity contribution in [2.24, 2.45) is 0 Å². The first-order valence-electron chi connectivity index (χ1n) is 12.9. The van der Waals surface area contributed by atoms with Gasteiger partial charge in [-0.2, -0.15) is 0 Å². The third-order valence-electron chi connectivity index (χ3n) is 6.92. The van der Waals surface area contributed by atoms with Crippen LogP contribution in [0.4, 0.5) is 15.8 Å². The number of carbonyl (C=O) groups excluding carboxylic acids is 1. The van der Waals surface area contributed by atoms with Gasteiger partial charge in [-0.1, -0.05) is 50.2 Å². The number of anilines is 2. The molecule has 0 spiro atoms. The van der Waals surface area contributed by atoms with Gasteiger partial charge in [0.15, 0.2) is 11.7 Å². The summed E-state index contributed by atoms with van der Waals surface area (Å²) in [5.41, 5.74) is 2.12. The van der Waals surface area contributed by atoms with Gasteiger partial charge in [-0.15, -0.1) is 0 Å². The molecular weight excluding hydrogens is 469 g/mol. The number of piperazine rings is 1. The first-order valence-corrected chi connectivity index (χ1v) is 12.9. The topological polar surface area (TPSA) is 65.8 Å². The van der Waals surface area contributed by atoms with E-state index >= 15 is 4.39 Å². The average molecular weight is 504 g/mol. The summed E-state index contributed by atoms with van der Waals surface area (Å²) in [5.74, 6) is -0.413. The van der Waals surface area contributed by atoms with Crippen LogP contribution in [0.5, 0.6) is 0 Å². The highest BCUT2D eigenvalue weighted by atomic mass is 19.1. The lowest BCUT2D eigenvalue weighted by molar-refractivity contribution is 0.112. The summed E-state index contributed by atoms with van der Waals surface area (Å²) < 4.78 is 17.2. The Bertz CT molecular complexity index is 1450. The van der Waals surface area contributed by atoms with Crippen LogP contribution in [0.1, 0.15) is 43.1 Å². The first kappa shape index (κ1) is 26.4. The number of carbonyl (C=O) groups is 1. The Balaban J connectivity index is 0.000000765. The molecule has 3 aromatic carbocycles. The minimum Gasteiger partial charge on any atom is -0.400 e. The summed E-state index contributed by atoms with van der Waals surface area (Å²) in [6.07, 6.45) is 4.22. The number of aldehydes is 1. The zero-order valence-corrected chi connectivity index (χ0v) is 21.7. The maximum Gasteiger partial charge on any atom is 0.199 e. The van der Waals surface area contributed by atoms with E-state index in [0.717, 1.165) is 33.0 Å². The Labute approximate surface area is 216 Å². The molecule has 2 aliphatic rings. The molecule has 1 saturated carbocycles. The third-order valence-corrected chi connectivity index (χ3v) is 6.92. The molecule has 0 radical (unpaired) electrons. The smallest absolute Gasteiger partial charge is 0.199 e. The average Bonchev–Trinajstić information content (AvgIpc) is 3.81. The van der Waals surface area contributed by atoms with Crippen molar-refractivity contribution in [1.82, 2.24) is 4.57 Å². The molecule has 194 valence electrons. The highest BCUT2D eigenvalue weighted by Crippen LogP contribution is 2.38. The molecule has 2 heterocycles. The fourth-order valence-corrected chi connectivity index (χ4v) is 5.03. The monoisotopic (exact) mass is 503 g/mol. The molecule has 1 aromatic heterocycles. The van der Waals surface area contributed by atoms with Crippen LogP contribution < -0.4 is 15.2 Å². The Morgan fingerprint density at radius 3 is 2.14 bits per heavy atom. The number of hydrogen-bond donors (Lipinski definition) is 1. The number of fused-ring (bicyclic) bond motifs is 2. The van der Waals surface area contributed by atoms with Gasteiger partial charge in [0, 0.05) is 62.0 Å². The van der Waals surface area contributed by atoms with Crippen molar-refractivity contribution < 1.29 is 14.3 Å². The van der Waals surface area contributed by atoms with Gasteiger partial charge in [-0.05, 0) is 36.4 Å². The maximum atomic E-state index is 15.2. The minimum absolute atomic E-state index is 0.0882. The first-order chi connectivity index (χ1) is 18.1.